The number of azo groups is 1. The number of nitrogens with zero attached hydrogens (tertiary/aromatic N) is 4. The van der Waals surface area contributed by atoms with Crippen LogP contribution in [0.1, 0.15) is 36.5 Å². The van der Waals surface area contributed by atoms with Crippen molar-refractivity contribution in [2.45, 2.75) is 32.9 Å². The van der Waals surface area contributed by atoms with Crippen molar-refractivity contribution in [3.63, 3.8) is 0 Å². The third kappa shape index (κ3) is 6.01. The Morgan fingerprint density at radius 2 is 1.79 bits per heavy atom. The number of rotatable bonds is 8. The number of nitriles is 1. The van der Waals surface area contributed by atoms with Crippen LogP contribution in [0.4, 0.5) is 47.6 Å². The lowest BCUT2D eigenvalue weighted by Crippen LogP contribution is -2.04. The Labute approximate surface area is 195 Å². The fraction of sp³-hybridized carbons (Fsp3) is 0.250. The summed E-state index contributed by atoms with van der Waals surface area (Å²) < 4.78 is 39.0. The second kappa shape index (κ2) is 10.7. The molecule has 0 atom stereocenters. The number of halogens is 3. The fourth-order valence-corrected chi connectivity index (χ4v) is 3.14. The van der Waals surface area contributed by atoms with E-state index in [1.165, 1.54) is 12.1 Å². The number of pyridine rings is 1. The summed E-state index contributed by atoms with van der Waals surface area (Å²) in [5.41, 5.74) is 7.51. The maximum absolute atomic E-state index is 13.0. The normalized spacial score (nSPS) is 11.4. The van der Waals surface area contributed by atoms with Gasteiger partial charge in [0.2, 0.25) is 0 Å². The van der Waals surface area contributed by atoms with Crippen LogP contribution in [0, 0.1) is 18.3 Å². The molecule has 10 heteroatoms. The summed E-state index contributed by atoms with van der Waals surface area (Å²) in [6, 6.07) is 14.0. The van der Waals surface area contributed by atoms with E-state index in [1.54, 1.807) is 6.92 Å². The van der Waals surface area contributed by atoms with Gasteiger partial charge < -0.3 is 16.4 Å². The molecule has 176 valence electrons. The molecule has 34 heavy (non-hydrogen) atoms. The third-order valence-corrected chi connectivity index (χ3v) is 5.00. The molecule has 2 aromatic carbocycles. The van der Waals surface area contributed by atoms with Crippen LogP contribution in [-0.2, 0) is 6.18 Å². The standard InChI is InChI=1S/C24H24F3N7/c1-3-4-12-30-17-8-10-18(11-9-17)31-23-21(15(2)20(14-28)22(29)32-23)34-33-19-7-5-6-16(13-19)24(25,26)27/h5-11,13,30H,3-4,12H2,1-2H3,(H3,29,31,32). The number of alkyl halides is 3. The second-order valence-electron chi connectivity index (χ2n) is 7.54. The summed E-state index contributed by atoms with van der Waals surface area (Å²) in [6.45, 7) is 4.62. The highest BCUT2D eigenvalue weighted by molar-refractivity contribution is 5.77. The van der Waals surface area contributed by atoms with Gasteiger partial charge in [0.1, 0.15) is 17.6 Å². The van der Waals surface area contributed by atoms with Crippen LogP contribution >= 0.6 is 0 Å². The predicted molar refractivity (Wildman–Crippen MR) is 127 cm³/mol. The van der Waals surface area contributed by atoms with Crippen LogP contribution in [0.2, 0.25) is 0 Å². The third-order valence-electron chi connectivity index (χ3n) is 5.00. The Morgan fingerprint density at radius 3 is 2.44 bits per heavy atom. The van der Waals surface area contributed by atoms with E-state index in [1.807, 2.05) is 30.3 Å². The van der Waals surface area contributed by atoms with Gasteiger partial charge in [-0.15, -0.1) is 5.11 Å². The largest absolute Gasteiger partial charge is 0.416 e. The van der Waals surface area contributed by atoms with E-state index >= 15 is 0 Å². The Bertz CT molecular complexity index is 1210. The monoisotopic (exact) mass is 467 g/mol. The Hall–Kier alpha value is -4.13. The molecule has 7 nitrogen and oxygen atoms in total. The molecule has 0 unspecified atom stereocenters. The SMILES string of the molecule is CCCCNc1ccc(Nc2nc(N)c(C#N)c(C)c2N=Nc2cccc(C(F)(F)F)c2)cc1. The van der Waals surface area contributed by atoms with Crippen molar-refractivity contribution in [3.05, 3.63) is 65.2 Å². The molecule has 3 aromatic rings. The number of nitrogens with two attached hydrogens (primary N) is 1. The van der Waals surface area contributed by atoms with Crippen LogP contribution in [0.5, 0.6) is 0 Å². The van der Waals surface area contributed by atoms with Crippen molar-refractivity contribution in [3.8, 4) is 6.07 Å². The highest BCUT2D eigenvalue weighted by Crippen LogP contribution is 2.36. The molecule has 0 fully saturated rings. The van der Waals surface area contributed by atoms with Gasteiger partial charge in [0.25, 0.3) is 0 Å². The topological polar surface area (TPSA) is 111 Å². The van der Waals surface area contributed by atoms with E-state index in [0.717, 1.165) is 37.2 Å². The number of nitrogen functional groups attached to an aromatic ring is 1. The predicted octanol–water partition coefficient (Wildman–Crippen LogP) is 7.23. The van der Waals surface area contributed by atoms with Crippen LogP contribution in [0.15, 0.2) is 58.8 Å². The minimum Gasteiger partial charge on any atom is -0.385 e. The van der Waals surface area contributed by atoms with Gasteiger partial charge in [-0.25, -0.2) is 4.98 Å². The summed E-state index contributed by atoms with van der Waals surface area (Å²) in [5, 5.41) is 24.0. The fourth-order valence-electron chi connectivity index (χ4n) is 3.14. The zero-order valence-corrected chi connectivity index (χ0v) is 18.7. The molecule has 0 amide bonds. The van der Waals surface area contributed by atoms with Crippen LogP contribution in [0.3, 0.4) is 0 Å². The first-order valence-electron chi connectivity index (χ1n) is 10.6. The molecule has 0 saturated carbocycles. The van der Waals surface area contributed by atoms with Gasteiger partial charge in [0, 0.05) is 23.5 Å². The van der Waals surface area contributed by atoms with E-state index in [0.29, 0.717) is 11.3 Å². The van der Waals surface area contributed by atoms with Gasteiger partial charge in [-0.3, -0.25) is 0 Å². The van der Waals surface area contributed by atoms with E-state index in [9.17, 15) is 18.4 Å². The van der Waals surface area contributed by atoms with Crippen molar-refractivity contribution in [2.75, 3.05) is 22.9 Å². The van der Waals surface area contributed by atoms with E-state index in [2.05, 4.69) is 32.8 Å². The number of aromatic nitrogens is 1. The van der Waals surface area contributed by atoms with E-state index in [-0.39, 0.29) is 28.6 Å². The number of anilines is 4. The molecule has 0 aliphatic rings. The summed E-state index contributed by atoms with van der Waals surface area (Å²) in [6.07, 6.45) is -2.34. The Kier molecular flexibility index (Phi) is 7.68. The van der Waals surface area contributed by atoms with Gasteiger partial charge in [-0.05, 0) is 55.8 Å². The maximum Gasteiger partial charge on any atom is 0.416 e. The summed E-state index contributed by atoms with van der Waals surface area (Å²) >= 11 is 0. The lowest BCUT2D eigenvalue weighted by atomic mass is 10.1. The lowest BCUT2D eigenvalue weighted by Gasteiger charge is -2.13. The Morgan fingerprint density at radius 1 is 1.09 bits per heavy atom. The summed E-state index contributed by atoms with van der Waals surface area (Å²) in [7, 11) is 0. The van der Waals surface area contributed by atoms with Crippen molar-refractivity contribution in [1.29, 1.82) is 5.26 Å². The molecule has 1 heterocycles. The first-order chi connectivity index (χ1) is 16.2. The molecule has 0 aliphatic heterocycles. The number of nitrogens with one attached hydrogen (secondary N) is 2. The average molecular weight is 467 g/mol. The van der Waals surface area contributed by atoms with Gasteiger partial charge in [0.05, 0.1) is 16.8 Å². The number of unbranched alkanes of at least 4 members (excludes halogenated alkanes) is 1. The number of benzene rings is 2. The van der Waals surface area contributed by atoms with Crippen molar-refractivity contribution in [2.24, 2.45) is 10.2 Å². The second-order valence-corrected chi connectivity index (χ2v) is 7.54. The molecule has 4 N–H and O–H groups in total. The lowest BCUT2D eigenvalue weighted by molar-refractivity contribution is -0.137. The summed E-state index contributed by atoms with van der Waals surface area (Å²) in [5.74, 6) is 0.245. The smallest absolute Gasteiger partial charge is 0.385 e. The van der Waals surface area contributed by atoms with Gasteiger partial charge in [0.15, 0.2) is 5.82 Å². The minimum absolute atomic E-state index is 0.0121. The van der Waals surface area contributed by atoms with Crippen LogP contribution in [-0.4, -0.2) is 11.5 Å². The quantitative estimate of drug-likeness (QED) is 0.239. The van der Waals surface area contributed by atoms with Crippen LogP contribution < -0.4 is 16.4 Å². The van der Waals surface area contributed by atoms with Crippen molar-refractivity contribution in [1.82, 2.24) is 4.98 Å². The highest BCUT2D eigenvalue weighted by atomic mass is 19.4. The van der Waals surface area contributed by atoms with Gasteiger partial charge in [-0.2, -0.15) is 23.5 Å². The molecule has 0 radical (unpaired) electrons. The molecule has 0 spiro atoms. The van der Waals surface area contributed by atoms with Crippen LogP contribution in [0.25, 0.3) is 0 Å². The van der Waals surface area contributed by atoms with Gasteiger partial charge >= 0.3 is 6.18 Å². The van der Waals surface area contributed by atoms with E-state index in [4.69, 9.17) is 5.73 Å². The van der Waals surface area contributed by atoms with E-state index < -0.39 is 11.7 Å². The number of hydrogen-bond donors (Lipinski definition) is 3. The molecule has 0 saturated heterocycles. The first-order valence-corrected chi connectivity index (χ1v) is 10.6. The molecular weight excluding hydrogens is 443 g/mol. The van der Waals surface area contributed by atoms with Crippen molar-refractivity contribution < 1.29 is 13.2 Å². The number of hydrogen-bond acceptors (Lipinski definition) is 7. The Balaban J connectivity index is 1.93. The highest BCUT2D eigenvalue weighted by Gasteiger charge is 2.30. The average Bonchev–Trinajstić information content (AvgIpc) is 2.80. The van der Waals surface area contributed by atoms with Crippen molar-refractivity contribution >= 4 is 34.4 Å². The zero-order chi connectivity index (χ0) is 24.7. The molecule has 1 aromatic heterocycles. The first kappa shape index (κ1) is 24.5. The molecule has 3 rings (SSSR count). The molecule has 0 bridgehead atoms. The molecular formula is C24H24F3N7. The maximum atomic E-state index is 13.0. The van der Waals surface area contributed by atoms with Gasteiger partial charge in [-0.1, -0.05) is 19.4 Å². The summed E-state index contributed by atoms with van der Waals surface area (Å²) in [4.78, 5) is 4.25. The minimum atomic E-state index is -4.50. The molecule has 0 aliphatic carbocycles. The zero-order valence-electron chi connectivity index (χ0n) is 18.7.